The molecule has 0 unspecified atom stereocenters. The van der Waals surface area contributed by atoms with Crippen LogP contribution in [0.25, 0.3) is 0 Å². The number of nitrogens with zero attached hydrogens (tertiary/aromatic N) is 1. The van der Waals surface area contributed by atoms with Gasteiger partial charge in [-0.25, -0.2) is 4.79 Å². The molecule has 1 atom stereocenters. The van der Waals surface area contributed by atoms with Crippen molar-refractivity contribution >= 4 is 23.3 Å². The molecule has 1 aliphatic heterocycles. The zero-order valence-corrected chi connectivity index (χ0v) is 15.2. The second kappa shape index (κ2) is 7.78. The van der Waals surface area contributed by atoms with Crippen molar-refractivity contribution in [1.29, 1.82) is 0 Å². The molecule has 9 nitrogen and oxygen atoms in total. The number of ether oxygens (including phenoxy) is 1. The normalized spacial score (nSPS) is 16.1. The van der Waals surface area contributed by atoms with Gasteiger partial charge in [0.15, 0.2) is 0 Å². The molecular formula is C19H18N4O5. The number of urea groups is 1. The maximum atomic E-state index is 12.9. The Bertz CT molecular complexity index is 951. The summed E-state index contributed by atoms with van der Waals surface area (Å²) in [6.07, 6.45) is 0. The number of carbonyl (C=O) groups excluding carboxylic acids is 2. The molecule has 3 rings (SSSR count). The Balaban J connectivity index is 1.90. The summed E-state index contributed by atoms with van der Waals surface area (Å²) in [5.74, 6) is 0.252. The van der Waals surface area contributed by atoms with Crippen LogP contribution in [0.15, 0.2) is 59.8 Å². The van der Waals surface area contributed by atoms with Gasteiger partial charge >= 0.3 is 6.03 Å². The van der Waals surface area contributed by atoms with Crippen LogP contribution in [0, 0.1) is 10.1 Å². The van der Waals surface area contributed by atoms with Crippen molar-refractivity contribution < 1.29 is 19.2 Å². The predicted molar refractivity (Wildman–Crippen MR) is 102 cm³/mol. The summed E-state index contributed by atoms with van der Waals surface area (Å²) in [6, 6.07) is 11.3. The number of hydrogen-bond acceptors (Lipinski definition) is 5. The molecule has 0 saturated carbocycles. The molecule has 28 heavy (non-hydrogen) atoms. The Morgan fingerprint density at radius 2 is 1.79 bits per heavy atom. The van der Waals surface area contributed by atoms with Gasteiger partial charge in [0, 0.05) is 23.5 Å². The predicted octanol–water partition coefficient (Wildman–Crippen LogP) is 2.87. The fourth-order valence-corrected chi connectivity index (χ4v) is 2.91. The summed E-state index contributed by atoms with van der Waals surface area (Å²) < 4.78 is 5.09. The van der Waals surface area contributed by atoms with Crippen LogP contribution < -0.4 is 20.7 Å². The number of nitro groups is 1. The lowest BCUT2D eigenvalue weighted by atomic mass is 9.94. The molecule has 0 radical (unpaired) electrons. The number of amides is 3. The van der Waals surface area contributed by atoms with Crippen LogP contribution in [0.1, 0.15) is 18.5 Å². The first-order valence-corrected chi connectivity index (χ1v) is 8.37. The van der Waals surface area contributed by atoms with Gasteiger partial charge in [0.05, 0.1) is 23.6 Å². The monoisotopic (exact) mass is 382 g/mol. The molecule has 0 spiro atoms. The van der Waals surface area contributed by atoms with E-state index in [-0.39, 0.29) is 5.69 Å². The van der Waals surface area contributed by atoms with Crippen molar-refractivity contribution in [3.05, 3.63) is 75.5 Å². The van der Waals surface area contributed by atoms with Gasteiger partial charge < -0.3 is 20.7 Å². The highest BCUT2D eigenvalue weighted by molar-refractivity contribution is 6.06. The Labute approximate surface area is 160 Å². The lowest BCUT2D eigenvalue weighted by Crippen LogP contribution is -2.45. The molecule has 3 amide bonds. The fraction of sp³-hybridized carbons (Fsp3) is 0.158. The van der Waals surface area contributed by atoms with Crippen molar-refractivity contribution in [2.75, 3.05) is 12.4 Å². The smallest absolute Gasteiger partial charge is 0.319 e. The first kappa shape index (κ1) is 18.9. The van der Waals surface area contributed by atoms with Crippen LogP contribution in [-0.2, 0) is 4.79 Å². The summed E-state index contributed by atoms with van der Waals surface area (Å²) in [5, 5.41) is 18.9. The minimum Gasteiger partial charge on any atom is -0.497 e. The zero-order chi connectivity index (χ0) is 20.3. The number of benzene rings is 2. The summed E-state index contributed by atoms with van der Waals surface area (Å²) in [5.41, 5.74) is 1.75. The minimum absolute atomic E-state index is 0.0750. The van der Waals surface area contributed by atoms with Crippen LogP contribution in [-0.4, -0.2) is 24.0 Å². The van der Waals surface area contributed by atoms with Crippen molar-refractivity contribution in [2.45, 2.75) is 13.0 Å². The first-order valence-electron chi connectivity index (χ1n) is 8.37. The average Bonchev–Trinajstić information content (AvgIpc) is 2.68. The highest BCUT2D eigenvalue weighted by atomic mass is 16.6. The lowest BCUT2D eigenvalue weighted by Gasteiger charge is -2.28. The summed E-state index contributed by atoms with van der Waals surface area (Å²) in [6.45, 7) is 1.63. The van der Waals surface area contributed by atoms with Crippen molar-refractivity contribution in [3.8, 4) is 5.75 Å². The topological polar surface area (TPSA) is 123 Å². The third-order valence-electron chi connectivity index (χ3n) is 4.30. The first-order chi connectivity index (χ1) is 13.4. The second-order valence-corrected chi connectivity index (χ2v) is 6.10. The number of methoxy groups -OCH3 is 1. The van der Waals surface area contributed by atoms with E-state index in [0.29, 0.717) is 28.3 Å². The average molecular weight is 382 g/mol. The van der Waals surface area contributed by atoms with Gasteiger partial charge in [0.25, 0.3) is 11.6 Å². The quantitative estimate of drug-likeness (QED) is 0.542. The highest BCUT2D eigenvalue weighted by Crippen LogP contribution is 2.29. The molecule has 0 saturated heterocycles. The van der Waals surface area contributed by atoms with Crippen molar-refractivity contribution in [1.82, 2.24) is 10.6 Å². The third-order valence-corrected chi connectivity index (χ3v) is 4.30. The standard InChI is InChI=1S/C19H18N4O5/c1-11-16(18(24)21-13-5-9-15(28-2)10-6-13)17(22-19(25)20-11)12-3-7-14(8-4-12)23(26)27/h3-10,17H,1-2H3,(H,21,24)(H2,20,22,25)/t17-/m1/s1. The van der Waals surface area contributed by atoms with Gasteiger partial charge in [0.1, 0.15) is 5.75 Å². The summed E-state index contributed by atoms with van der Waals surface area (Å²) in [7, 11) is 1.55. The fourth-order valence-electron chi connectivity index (χ4n) is 2.91. The van der Waals surface area contributed by atoms with Gasteiger partial charge in [-0.15, -0.1) is 0 Å². The maximum absolute atomic E-state index is 12.9. The van der Waals surface area contributed by atoms with E-state index in [9.17, 15) is 19.7 Å². The number of carbonyl (C=O) groups is 2. The largest absolute Gasteiger partial charge is 0.497 e. The number of rotatable bonds is 5. The van der Waals surface area contributed by atoms with E-state index >= 15 is 0 Å². The van der Waals surface area contributed by atoms with Gasteiger partial charge in [-0.3, -0.25) is 14.9 Å². The molecule has 0 aromatic heterocycles. The van der Waals surface area contributed by atoms with Gasteiger partial charge in [0.2, 0.25) is 0 Å². The molecule has 1 heterocycles. The molecule has 2 aromatic rings. The van der Waals surface area contributed by atoms with Crippen LogP contribution in [0.3, 0.4) is 0 Å². The minimum atomic E-state index is -0.743. The Hall–Kier alpha value is -3.88. The molecule has 9 heteroatoms. The molecule has 0 fully saturated rings. The number of nitro benzene ring substituents is 1. The molecule has 0 aliphatic carbocycles. The molecule has 1 aliphatic rings. The number of allylic oxidation sites excluding steroid dienone is 1. The maximum Gasteiger partial charge on any atom is 0.319 e. The number of anilines is 1. The van der Waals surface area contributed by atoms with Gasteiger partial charge in [-0.2, -0.15) is 0 Å². The lowest BCUT2D eigenvalue weighted by molar-refractivity contribution is -0.384. The van der Waals surface area contributed by atoms with E-state index in [1.807, 2.05) is 0 Å². The molecule has 0 bridgehead atoms. The van der Waals surface area contributed by atoms with E-state index < -0.39 is 22.9 Å². The highest BCUT2D eigenvalue weighted by Gasteiger charge is 2.31. The second-order valence-electron chi connectivity index (χ2n) is 6.10. The van der Waals surface area contributed by atoms with Crippen LogP contribution in [0.5, 0.6) is 5.75 Å². The Morgan fingerprint density at radius 3 is 2.36 bits per heavy atom. The van der Waals surface area contributed by atoms with Crippen molar-refractivity contribution in [3.63, 3.8) is 0 Å². The molecule has 144 valence electrons. The van der Waals surface area contributed by atoms with Crippen LogP contribution in [0.4, 0.5) is 16.2 Å². The van der Waals surface area contributed by atoms with E-state index in [1.165, 1.54) is 24.3 Å². The molecule has 2 aromatic carbocycles. The van der Waals surface area contributed by atoms with Crippen LogP contribution >= 0.6 is 0 Å². The number of hydrogen-bond donors (Lipinski definition) is 3. The van der Waals surface area contributed by atoms with E-state index in [2.05, 4.69) is 16.0 Å². The van der Waals surface area contributed by atoms with Crippen molar-refractivity contribution in [2.24, 2.45) is 0 Å². The zero-order valence-electron chi connectivity index (χ0n) is 15.2. The van der Waals surface area contributed by atoms with E-state index in [0.717, 1.165) is 0 Å². The van der Waals surface area contributed by atoms with Gasteiger partial charge in [-0.1, -0.05) is 0 Å². The van der Waals surface area contributed by atoms with E-state index in [1.54, 1.807) is 38.3 Å². The molecule has 3 N–H and O–H groups in total. The number of non-ortho nitro benzene ring substituents is 1. The van der Waals surface area contributed by atoms with E-state index in [4.69, 9.17) is 4.74 Å². The Morgan fingerprint density at radius 1 is 1.14 bits per heavy atom. The van der Waals surface area contributed by atoms with Gasteiger partial charge in [-0.05, 0) is 48.9 Å². The number of nitrogens with one attached hydrogen (secondary N) is 3. The Kier molecular flexibility index (Phi) is 5.25. The SMILES string of the molecule is COc1ccc(NC(=O)C2=C(C)NC(=O)N[C@@H]2c2ccc([N+](=O)[O-])cc2)cc1. The third kappa shape index (κ3) is 3.93. The van der Waals surface area contributed by atoms with Crippen LogP contribution in [0.2, 0.25) is 0 Å². The summed E-state index contributed by atoms with van der Waals surface area (Å²) >= 11 is 0. The summed E-state index contributed by atoms with van der Waals surface area (Å²) in [4.78, 5) is 35.2. The molecular weight excluding hydrogens is 364 g/mol.